The van der Waals surface area contributed by atoms with Crippen molar-refractivity contribution in [1.82, 2.24) is 4.90 Å². The van der Waals surface area contributed by atoms with Crippen LogP contribution in [-0.2, 0) is 20.5 Å². The van der Waals surface area contributed by atoms with E-state index in [0.717, 1.165) is 17.5 Å². The second-order valence-corrected chi connectivity index (χ2v) is 11.0. The summed E-state index contributed by atoms with van der Waals surface area (Å²) in [6.07, 6.45) is 1.41. The summed E-state index contributed by atoms with van der Waals surface area (Å²) < 4.78 is 0. The van der Waals surface area contributed by atoms with Crippen molar-refractivity contribution < 1.29 is 19.3 Å². The summed E-state index contributed by atoms with van der Waals surface area (Å²) in [4.78, 5) is 56.6. The number of nitrogens with zero attached hydrogens (tertiary/aromatic N) is 2. The molecular formula is C30H26N4O5. The first-order valence-corrected chi connectivity index (χ1v) is 13.1. The Morgan fingerprint density at radius 2 is 1.79 bits per heavy atom. The Morgan fingerprint density at radius 3 is 2.59 bits per heavy atom. The van der Waals surface area contributed by atoms with Crippen LogP contribution in [0.25, 0.3) is 0 Å². The predicted octanol–water partition coefficient (Wildman–Crippen LogP) is 4.23. The summed E-state index contributed by atoms with van der Waals surface area (Å²) in [5.74, 6) is -2.26. The van der Waals surface area contributed by atoms with Crippen LogP contribution < -0.4 is 10.6 Å². The lowest BCUT2D eigenvalue weighted by Crippen LogP contribution is -2.55. The zero-order chi connectivity index (χ0) is 27.3. The number of nitro groups is 1. The number of nitrogens with one attached hydrogen (secondary N) is 2. The van der Waals surface area contributed by atoms with E-state index in [2.05, 4.69) is 15.5 Å². The van der Waals surface area contributed by atoms with Crippen LogP contribution in [0.4, 0.5) is 17.1 Å². The summed E-state index contributed by atoms with van der Waals surface area (Å²) in [7, 11) is 0. The lowest BCUT2D eigenvalue weighted by molar-refractivity contribution is -0.384. The Bertz CT molecular complexity index is 1650. The molecule has 4 atom stereocenters. The molecule has 0 unspecified atom stereocenters. The third-order valence-corrected chi connectivity index (χ3v) is 9.44. The van der Waals surface area contributed by atoms with Gasteiger partial charge in [-0.1, -0.05) is 42.5 Å². The molecule has 2 fully saturated rings. The number of carbonyl (C=O) groups is 3. The molecule has 0 bridgehead atoms. The summed E-state index contributed by atoms with van der Waals surface area (Å²) in [6, 6.07) is 16.4. The highest BCUT2D eigenvalue weighted by atomic mass is 16.6. The molecule has 9 heteroatoms. The SMILES string of the molecule is Cc1ccc2c(c1C)NC(=O)[C@]21[C@@H](C(=O)c2cccc([N+](=O)[O-])c2)[C@]2(C(=O)Nc3ccccc32)[C@H]2CCCN21. The maximum Gasteiger partial charge on any atom is 0.270 e. The van der Waals surface area contributed by atoms with E-state index in [4.69, 9.17) is 0 Å². The molecule has 2 N–H and O–H groups in total. The van der Waals surface area contributed by atoms with Gasteiger partial charge >= 0.3 is 0 Å². The molecule has 2 saturated heterocycles. The van der Waals surface area contributed by atoms with Crippen molar-refractivity contribution in [3.05, 3.63) is 98.6 Å². The maximum absolute atomic E-state index is 14.8. The minimum Gasteiger partial charge on any atom is -0.325 e. The highest BCUT2D eigenvalue weighted by Gasteiger charge is 2.78. The van der Waals surface area contributed by atoms with Crippen molar-refractivity contribution in [2.75, 3.05) is 17.2 Å². The molecule has 3 aromatic rings. The summed E-state index contributed by atoms with van der Waals surface area (Å²) >= 11 is 0. The van der Waals surface area contributed by atoms with E-state index < -0.39 is 33.6 Å². The fraction of sp³-hybridized carbons (Fsp3) is 0.300. The number of amides is 2. The van der Waals surface area contributed by atoms with Gasteiger partial charge in [-0.25, -0.2) is 0 Å². The largest absolute Gasteiger partial charge is 0.325 e. The number of para-hydroxylation sites is 1. The van der Waals surface area contributed by atoms with Crippen LogP contribution in [0.5, 0.6) is 0 Å². The Hall–Kier alpha value is -4.37. The van der Waals surface area contributed by atoms with Gasteiger partial charge in [0.1, 0.15) is 11.0 Å². The van der Waals surface area contributed by atoms with E-state index in [9.17, 15) is 24.5 Å². The maximum atomic E-state index is 14.8. The summed E-state index contributed by atoms with van der Waals surface area (Å²) in [6.45, 7) is 4.45. The molecule has 9 nitrogen and oxygen atoms in total. The molecular weight excluding hydrogens is 496 g/mol. The molecule has 0 aromatic heterocycles. The Labute approximate surface area is 224 Å². The van der Waals surface area contributed by atoms with Crippen molar-refractivity contribution in [3.8, 4) is 0 Å². The fourth-order valence-electron chi connectivity index (χ4n) is 7.80. The smallest absolute Gasteiger partial charge is 0.270 e. The van der Waals surface area contributed by atoms with Crippen LogP contribution in [0, 0.1) is 29.9 Å². The molecule has 3 aromatic carbocycles. The Kier molecular flexibility index (Phi) is 4.76. The number of aryl methyl sites for hydroxylation is 1. The number of rotatable bonds is 3. The molecule has 4 aliphatic heterocycles. The number of hydrogen-bond donors (Lipinski definition) is 2. The topological polar surface area (TPSA) is 122 Å². The van der Waals surface area contributed by atoms with Crippen LogP contribution in [0.3, 0.4) is 0 Å². The number of carbonyl (C=O) groups excluding carboxylic acids is 3. The normalized spacial score (nSPS) is 28.4. The minimum atomic E-state index is -1.45. The van der Waals surface area contributed by atoms with E-state index in [1.165, 1.54) is 24.3 Å². The van der Waals surface area contributed by atoms with Gasteiger partial charge in [0.25, 0.3) is 5.69 Å². The number of nitro benzene ring substituents is 1. The van der Waals surface area contributed by atoms with E-state index in [-0.39, 0.29) is 23.1 Å². The van der Waals surface area contributed by atoms with Crippen molar-refractivity contribution in [2.24, 2.45) is 5.92 Å². The van der Waals surface area contributed by atoms with Gasteiger partial charge in [0.15, 0.2) is 5.78 Å². The molecule has 0 aliphatic carbocycles. The molecule has 4 heterocycles. The molecule has 0 saturated carbocycles. The van der Waals surface area contributed by atoms with Crippen molar-refractivity contribution in [1.29, 1.82) is 0 Å². The fourth-order valence-corrected chi connectivity index (χ4v) is 7.80. The standard InChI is InChI=1S/C30H26N4O5/c1-16-12-13-21-24(17(16)2)32-28(37)30(21)26(25(35)18-7-5-8-19(15-18)34(38)39)29(23-11-6-14-33(23)30)20-9-3-4-10-22(20)31-27(29)36/h3-5,7-10,12-13,15,23,26H,6,11,14H2,1-2H3,(H,31,36)(H,32,37)/t23-,26+,29-,30-/m1/s1. The van der Waals surface area contributed by atoms with Gasteiger partial charge in [0.05, 0.1) is 10.8 Å². The first-order valence-electron chi connectivity index (χ1n) is 13.1. The molecule has 2 amide bonds. The lowest BCUT2D eigenvalue weighted by atomic mass is 9.60. The van der Waals surface area contributed by atoms with Crippen LogP contribution in [-0.4, -0.2) is 40.0 Å². The van der Waals surface area contributed by atoms with E-state index in [1.807, 2.05) is 50.2 Å². The number of Topliss-reactive ketones (excluding diaryl/α,β-unsaturated/α-hetero) is 1. The van der Waals surface area contributed by atoms with Crippen molar-refractivity contribution in [3.63, 3.8) is 0 Å². The number of anilines is 2. The van der Waals surface area contributed by atoms with Crippen LogP contribution in [0.2, 0.25) is 0 Å². The van der Waals surface area contributed by atoms with E-state index in [0.29, 0.717) is 35.5 Å². The molecule has 39 heavy (non-hydrogen) atoms. The highest BCUT2D eigenvalue weighted by molar-refractivity contribution is 6.19. The zero-order valence-corrected chi connectivity index (χ0v) is 21.5. The minimum absolute atomic E-state index is 0.108. The Balaban J connectivity index is 1.58. The van der Waals surface area contributed by atoms with Crippen molar-refractivity contribution in [2.45, 2.75) is 43.7 Å². The van der Waals surface area contributed by atoms with Crippen molar-refractivity contribution >= 4 is 34.7 Å². The van der Waals surface area contributed by atoms with Gasteiger partial charge in [0, 0.05) is 40.7 Å². The van der Waals surface area contributed by atoms with Crippen LogP contribution in [0.1, 0.15) is 45.5 Å². The van der Waals surface area contributed by atoms with E-state index in [1.54, 1.807) is 0 Å². The number of benzene rings is 3. The lowest BCUT2D eigenvalue weighted by Gasteiger charge is -2.38. The number of non-ortho nitro benzene ring substituents is 1. The van der Waals surface area contributed by atoms with Crippen LogP contribution >= 0.6 is 0 Å². The second kappa shape index (κ2) is 7.83. The Morgan fingerprint density at radius 1 is 1.00 bits per heavy atom. The summed E-state index contributed by atoms with van der Waals surface area (Å²) in [5.41, 5.74) is 1.66. The first kappa shape index (κ1) is 23.7. The number of hydrogen-bond acceptors (Lipinski definition) is 6. The van der Waals surface area contributed by atoms with Gasteiger partial charge in [-0.05, 0) is 56.0 Å². The molecule has 0 radical (unpaired) electrons. The molecule has 4 aliphatic rings. The zero-order valence-electron chi connectivity index (χ0n) is 21.5. The van der Waals surface area contributed by atoms with Crippen LogP contribution in [0.15, 0.2) is 60.7 Å². The van der Waals surface area contributed by atoms with E-state index >= 15 is 0 Å². The average Bonchev–Trinajstić information content (AvgIpc) is 3.65. The monoisotopic (exact) mass is 522 g/mol. The second-order valence-electron chi connectivity index (χ2n) is 11.0. The van der Waals surface area contributed by atoms with Gasteiger partial charge in [-0.3, -0.25) is 29.4 Å². The predicted molar refractivity (Wildman–Crippen MR) is 144 cm³/mol. The van der Waals surface area contributed by atoms with Gasteiger partial charge in [0.2, 0.25) is 11.8 Å². The quantitative estimate of drug-likeness (QED) is 0.302. The molecule has 7 rings (SSSR count). The van der Waals surface area contributed by atoms with Gasteiger partial charge in [-0.15, -0.1) is 0 Å². The average molecular weight is 523 g/mol. The molecule has 2 spiro atoms. The summed E-state index contributed by atoms with van der Waals surface area (Å²) in [5, 5.41) is 17.7. The number of fused-ring (bicyclic) bond motifs is 7. The van der Waals surface area contributed by atoms with Gasteiger partial charge in [-0.2, -0.15) is 0 Å². The molecule has 196 valence electrons. The third kappa shape index (κ3) is 2.70. The third-order valence-electron chi connectivity index (χ3n) is 9.44. The number of ketones is 1. The highest BCUT2D eigenvalue weighted by Crippen LogP contribution is 2.66. The van der Waals surface area contributed by atoms with Gasteiger partial charge < -0.3 is 10.6 Å². The first-order chi connectivity index (χ1) is 18.7.